The summed E-state index contributed by atoms with van der Waals surface area (Å²) in [7, 11) is 0. The maximum Gasteiger partial charge on any atom is 0.126 e. The van der Waals surface area contributed by atoms with E-state index in [0.717, 1.165) is 56.0 Å². The highest BCUT2D eigenvalue weighted by atomic mass is 16.5. The van der Waals surface area contributed by atoms with Gasteiger partial charge in [-0.05, 0) is 58.4 Å². The molecule has 184 valence electrons. The molecule has 4 aromatic carbocycles. The maximum atomic E-state index is 11.3. The third-order valence-electron chi connectivity index (χ3n) is 6.86. The Morgan fingerprint density at radius 3 is 0.972 bits per heavy atom. The van der Waals surface area contributed by atoms with Crippen molar-refractivity contribution in [2.45, 2.75) is 39.5 Å². The van der Waals surface area contributed by atoms with Crippen molar-refractivity contribution in [1.82, 2.24) is 0 Å². The third-order valence-corrected chi connectivity index (χ3v) is 6.86. The largest absolute Gasteiger partial charge is 0.507 e. The first-order valence-corrected chi connectivity index (χ1v) is 12.7. The first-order chi connectivity index (χ1) is 17.6. The van der Waals surface area contributed by atoms with Gasteiger partial charge in [-0.1, -0.05) is 72.8 Å². The molecule has 0 aromatic heterocycles. The smallest absolute Gasteiger partial charge is 0.126 e. The monoisotopic (exact) mass is 480 g/mol. The Morgan fingerprint density at radius 2 is 0.722 bits per heavy atom. The van der Waals surface area contributed by atoms with Gasteiger partial charge in [0, 0.05) is 25.7 Å². The number of phenols is 2. The van der Waals surface area contributed by atoms with Gasteiger partial charge in [-0.2, -0.15) is 0 Å². The molecule has 0 saturated carbocycles. The molecule has 0 saturated heterocycles. The summed E-state index contributed by atoms with van der Waals surface area (Å²) >= 11 is 0. The average Bonchev–Trinajstić information content (AvgIpc) is 2.87. The van der Waals surface area contributed by atoms with Crippen LogP contribution in [-0.2, 0) is 25.7 Å². The van der Waals surface area contributed by atoms with Crippen molar-refractivity contribution in [1.29, 1.82) is 0 Å². The summed E-state index contributed by atoms with van der Waals surface area (Å²) in [5.74, 6) is 2.28. The minimum absolute atomic E-state index is 0.313. The van der Waals surface area contributed by atoms with E-state index in [4.69, 9.17) is 9.47 Å². The van der Waals surface area contributed by atoms with E-state index in [1.165, 1.54) is 0 Å². The fourth-order valence-electron chi connectivity index (χ4n) is 5.17. The fourth-order valence-corrected chi connectivity index (χ4v) is 5.17. The van der Waals surface area contributed by atoms with E-state index in [9.17, 15) is 10.2 Å². The summed E-state index contributed by atoms with van der Waals surface area (Å²) in [6.45, 7) is 5.03. The number of ether oxygens (including phenoxy) is 2. The first-order valence-electron chi connectivity index (χ1n) is 12.7. The Balaban J connectivity index is 1.73. The number of rotatable bonds is 4. The van der Waals surface area contributed by atoms with Gasteiger partial charge in [-0.3, -0.25) is 0 Å². The predicted molar refractivity (Wildman–Crippen MR) is 143 cm³/mol. The van der Waals surface area contributed by atoms with Crippen LogP contribution >= 0.6 is 0 Å². The van der Waals surface area contributed by atoms with Crippen molar-refractivity contribution in [2.75, 3.05) is 13.2 Å². The molecule has 0 fully saturated rings. The van der Waals surface area contributed by atoms with Crippen LogP contribution in [0.5, 0.6) is 23.0 Å². The van der Waals surface area contributed by atoms with Gasteiger partial charge in [0.15, 0.2) is 0 Å². The van der Waals surface area contributed by atoms with Gasteiger partial charge < -0.3 is 19.7 Å². The van der Waals surface area contributed by atoms with Gasteiger partial charge >= 0.3 is 0 Å². The summed E-state index contributed by atoms with van der Waals surface area (Å²) in [6, 6.07) is 24.2. The Morgan fingerprint density at radius 1 is 0.472 bits per heavy atom. The first kappa shape index (κ1) is 23.8. The van der Waals surface area contributed by atoms with Crippen molar-refractivity contribution in [2.24, 2.45) is 0 Å². The number of aromatic hydroxyl groups is 2. The quantitative estimate of drug-likeness (QED) is 0.305. The molecule has 4 heteroatoms. The van der Waals surface area contributed by atoms with E-state index in [0.29, 0.717) is 50.4 Å². The molecule has 4 aromatic rings. The van der Waals surface area contributed by atoms with E-state index >= 15 is 0 Å². The minimum atomic E-state index is 0.313. The van der Waals surface area contributed by atoms with E-state index in [1.54, 1.807) is 0 Å². The van der Waals surface area contributed by atoms with Crippen LogP contribution in [0.4, 0.5) is 0 Å². The maximum absolute atomic E-state index is 11.3. The lowest BCUT2D eigenvalue weighted by Crippen LogP contribution is -2.05. The highest BCUT2D eigenvalue weighted by Crippen LogP contribution is 2.37. The zero-order valence-corrected chi connectivity index (χ0v) is 20.9. The molecule has 2 N–H and O–H groups in total. The van der Waals surface area contributed by atoms with Crippen LogP contribution in [0, 0.1) is 0 Å². The molecule has 1 aliphatic rings. The van der Waals surface area contributed by atoms with E-state index in [2.05, 4.69) is 24.3 Å². The molecule has 0 unspecified atom stereocenters. The van der Waals surface area contributed by atoms with Crippen LogP contribution in [0.3, 0.4) is 0 Å². The zero-order chi connectivity index (χ0) is 25.1. The molecule has 0 aliphatic heterocycles. The second-order valence-electron chi connectivity index (χ2n) is 9.23. The Hall–Kier alpha value is -3.92. The number of fused-ring (bicyclic) bond motifs is 8. The van der Waals surface area contributed by atoms with Gasteiger partial charge in [0.1, 0.15) is 23.0 Å². The van der Waals surface area contributed by atoms with Gasteiger partial charge in [0.2, 0.25) is 0 Å². The van der Waals surface area contributed by atoms with E-state index in [1.807, 2.05) is 62.4 Å². The zero-order valence-electron chi connectivity index (χ0n) is 20.9. The van der Waals surface area contributed by atoms with Crippen molar-refractivity contribution in [3.63, 3.8) is 0 Å². The molecule has 4 nitrogen and oxygen atoms in total. The van der Waals surface area contributed by atoms with Crippen LogP contribution in [0.15, 0.2) is 72.8 Å². The summed E-state index contributed by atoms with van der Waals surface area (Å²) in [4.78, 5) is 0. The molecule has 0 amide bonds. The average molecular weight is 481 g/mol. The lowest BCUT2D eigenvalue weighted by Gasteiger charge is -2.20. The van der Waals surface area contributed by atoms with Gasteiger partial charge in [-0.25, -0.2) is 0 Å². The second kappa shape index (κ2) is 10.4. The Bertz CT molecular complexity index is 1200. The molecule has 36 heavy (non-hydrogen) atoms. The fraction of sp³-hybridized carbons (Fsp3) is 0.250. The number of phenolic OH excluding ortho intramolecular Hbond substituents is 2. The highest BCUT2D eigenvalue weighted by Gasteiger charge is 2.19. The van der Waals surface area contributed by atoms with Gasteiger partial charge in [-0.15, -0.1) is 0 Å². The summed E-state index contributed by atoms with van der Waals surface area (Å²) in [5, 5.41) is 22.6. The minimum Gasteiger partial charge on any atom is -0.507 e. The highest BCUT2D eigenvalue weighted by molar-refractivity contribution is 5.55. The molecule has 0 atom stereocenters. The molecule has 5 rings (SSSR count). The molecule has 1 aliphatic carbocycles. The van der Waals surface area contributed by atoms with Gasteiger partial charge in [0.05, 0.1) is 13.2 Å². The molecule has 8 bridgehead atoms. The van der Waals surface area contributed by atoms with Crippen LogP contribution in [0.1, 0.15) is 58.4 Å². The molecular weight excluding hydrogens is 448 g/mol. The summed E-state index contributed by atoms with van der Waals surface area (Å²) in [5.41, 5.74) is 7.49. The van der Waals surface area contributed by atoms with Crippen molar-refractivity contribution in [3.05, 3.63) is 117 Å². The van der Waals surface area contributed by atoms with Crippen molar-refractivity contribution < 1.29 is 19.7 Å². The number of para-hydroxylation sites is 4. The predicted octanol–water partition coefficient (Wildman–Crippen LogP) is 6.57. The lowest BCUT2D eigenvalue weighted by atomic mass is 9.91. The Labute approximate surface area is 212 Å². The van der Waals surface area contributed by atoms with E-state index < -0.39 is 0 Å². The van der Waals surface area contributed by atoms with Crippen LogP contribution in [-0.4, -0.2) is 23.4 Å². The second-order valence-corrected chi connectivity index (χ2v) is 9.23. The topological polar surface area (TPSA) is 58.9 Å². The van der Waals surface area contributed by atoms with Crippen molar-refractivity contribution in [3.8, 4) is 23.0 Å². The number of hydrogen-bond donors (Lipinski definition) is 2. The molecular formula is C32H32O4. The standard InChI is InChI=1S/C32H32O4/c1-3-35-31-25-13-7-14-26(31)18-22-10-6-12-24(30(22)34)20-28-16-8-15-27(32(28)36-4-2)19-23-11-5-9-21(17-25)29(23)33/h5-16,33-34H,3-4,17-20H2,1-2H3. The number of benzene rings is 4. The Kier molecular flexibility index (Phi) is 6.86. The third kappa shape index (κ3) is 4.64. The van der Waals surface area contributed by atoms with Gasteiger partial charge in [0.25, 0.3) is 0 Å². The lowest BCUT2D eigenvalue weighted by molar-refractivity contribution is 0.333. The molecule has 0 heterocycles. The SMILES string of the molecule is CCOc1c2cccc1Cc1cccc(c1O)Cc1cccc(c1OCC)Cc1cccc(c1O)C2. The normalized spacial score (nSPS) is 12.7. The van der Waals surface area contributed by atoms with Crippen molar-refractivity contribution >= 4 is 0 Å². The summed E-state index contributed by atoms with van der Waals surface area (Å²) < 4.78 is 12.3. The molecule has 0 spiro atoms. The summed E-state index contributed by atoms with van der Waals surface area (Å²) in [6.07, 6.45) is 2.20. The van der Waals surface area contributed by atoms with Crippen LogP contribution < -0.4 is 9.47 Å². The van der Waals surface area contributed by atoms with Crippen LogP contribution in [0.2, 0.25) is 0 Å². The van der Waals surface area contributed by atoms with E-state index in [-0.39, 0.29) is 0 Å². The molecule has 0 radical (unpaired) electrons. The van der Waals surface area contributed by atoms with Crippen LogP contribution in [0.25, 0.3) is 0 Å². The number of hydrogen-bond acceptors (Lipinski definition) is 4.